The first-order valence-electron chi connectivity index (χ1n) is 8.92. The normalized spacial score (nSPS) is 12.2. The molecule has 2 heterocycles. The molecule has 0 saturated carbocycles. The molecule has 1 atom stereocenters. The van der Waals surface area contributed by atoms with E-state index in [1.807, 2.05) is 43.8 Å². The molecule has 0 bridgehead atoms. The third-order valence-corrected chi connectivity index (χ3v) is 5.23. The molecule has 1 aromatic carbocycles. The molecule has 7 heteroatoms. The quantitative estimate of drug-likeness (QED) is 0.697. The molecule has 0 fully saturated rings. The van der Waals surface area contributed by atoms with Crippen molar-refractivity contribution in [1.82, 2.24) is 19.6 Å². The highest BCUT2D eigenvalue weighted by atomic mass is 35.5. The van der Waals surface area contributed by atoms with Crippen molar-refractivity contribution in [2.45, 2.75) is 40.8 Å². The van der Waals surface area contributed by atoms with Gasteiger partial charge in [-0.1, -0.05) is 42.8 Å². The Balaban J connectivity index is 1.61. The molecule has 0 saturated heterocycles. The fourth-order valence-corrected chi connectivity index (χ4v) is 3.07. The number of hydrogen-bond donors (Lipinski definition) is 1. The van der Waals surface area contributed by atoms with Crippen LogP contribution in [0.25, 0.3) is 0 Å². The summed E-state index contributed by atoms with van der Waals surface area (Å²) in [7, 11) is 0. The Morgan fingerprint density at radius 2 is 2.00 bits per heavy atom. The molecule has 6 nitrogen and oxygen atoms in total. The van der Waals surface area contributed by atoms with Crippen LogP contribution in [0.3, 0.4) is 0 Å². The molecule has 1 unspecified atom stereocenters. The van der Waals surface area contributed by atoms with Crippen molar-refractivity contribution < 1.29 is 4.79 Å². The summed E-state index contributed by atoms with van der Waals surface area (Å²) in [5.41, 5.74) is 4.76. The van der Waals surface area contributed by atoms with Gasteiger partial charge in [-0.25, -0.2) is 0 Å². The zero-order chi connectivity index (χ0) is 19.6. The lowest BCUT2D eigenvalue weighted by atomic mass is 10.1. The van der Waals surface area contributed by atoms with Crippen LogP contribution in [-0.4, -0.2) is 25.5 Å². The number of amides is 1. The summed E-state index contributed by atoms with van der Waals surface area (Å²) in [5.74, 6) is -0.326. The van der Waals surface area contributed by atoms with Gasteiger partial charge in [-0.2, -0.15) is 10.2 Å². The second kappa shape index (κ2) is 7.96. The second-order valence-corrected chi connectivity index (χ2v) is 7.29. The van der Waals surface area contributed by atoms with Crippen molar-refractivity contribution in [1.29, 1.82) is 0 Å². The van der Waals surface area contributed by atoms with Gasteiger partial charge in [0.15, 0.2) is 0 Å². The van der Waals surface area contributed by atoms with Crippen LogP contribution >= 0.6 is 11.6 Å². The lowest BCUT2D eigenvalue weighted by Crippen LogP contribution is -2.25. The summed E-state index contributed by atoms with van der Waals surface area (Å²) in [5, 5.41) is 12.3. The lowest BCUT2D eigenvalue weighted by Gasteiger charge is -2.12. The summed E-state index contributed by atoms with van der Waals surface area (Å²) in [6.07, 6.45) is 3.51. The summed E-state index contributed by atoms with van der Waals surface area (Å²) >= 11 is 6.18. The highest BCUT2D eigenvalue weighted by molar-refractivity contribution is 6.31. The highest BCUT2D eigenvalue weighted by Crippen LogP contribution is 2.20. The number of aromatic nitrogens is 4. The fraction of sp³-hybridized carbons (Fsp3) is 0.350. The largest absolute Gasteiger partial charge is 0.323 e. The van der Waals surface area contributed by atoms with E-state index in [1.54, 1.807) is 10.9 Å². The minimum atomic E-state index is -0.251. The van der Waals surface area contributed by atoms with E-state index < -0.39 is 0 Å². The molecule has 0 aliphatic rings. The number of nitrogens with zero attached hydrogens (tertiary/aromatic N) is 4. The Bertz CT molecular complexity index is 959. The monoisotopic (exact) mass is 385 g/mol. The van der Waals surface area contributed by atoms with E-state index in [2.05, 4.69) is 34.6 Å². The number of aryl methyl sites for hydroxylation is 2. The molecule has 0 aliphatic heterocycles. The predicted molar refractivity (Wildman–Crippen MR) is 107 cm³/mol. The molecule has 3 aromatic rings. The molecule has 142 valence electrons. The van der Waals surface area contributed by atoms with Crippen LogP contribution in [0.2, 0.25) is 5.02 Å². The van der Waals surface area contributed by atoms with Crippen LogP contribution in [0.5, 0.6) is 0 Å². The molecular weight excluding hydrogens is 362 g/mol. The van der Waals surface area contributed by atoms with Crippen LogP contribution in [0.4, 0.5) is 5.69 Å². The fourth-order valence-electron chi connectivity index (χ4n) is 2.94. The van der Waals surface area contributed by atoms with Gasteiger partial charge in [-0.05, 0) is 31.9 Å². The second-order valence-electron chi connectivity index (χ2n) is 6.91. The lowest BCUT2D eigenvalue weighted by molar-refractivity contribution is -0.119. The minimum absolute atomic E-state index is 0.0749. The summed E-state index contributed by atoms with van der Waals surface area (Å²) in [6.45, 7) is 8.86. The van der Waals surface area contributed by atoms with Crippen molar-refractivity contribution in [2.24, 2.45) is 5.92 Å². The third kappa shape index (κ3) is 4.39. The van der Waals surface area contributed by atoms with Gasteiger partial charge < -0.3 is 5.32 Å². The van der Waals surface area contributed by atoms with Gasteiger partial charge in [-0.3, -0.25) is 14.2 Å². The summed E-state index contributed by atoms with van der Waals surface area (Å²) < 4.78 is 3.60. The molecule has 0 spiro atoms. The van der Waals surface area contributed by atoms with E-state index in [0.29, 0.717) is 23.8 Å². The number of carbonyl (C=O) groups is 1. The molecule has 1 N–H and O–H groups in total. The van der Waals surface area contributed by atoms with Gasteiger partial charge in [0.1, 0.15) is 0 Å². The van der Waals surface area contributed by atoms with Gasteiger partial charge in [0, 0.05) is 6.20 Å². The Labute approximate surface area is 164 Å². The molecule has 1 amide bonds. The van der Waals surface area contributed by atoms with Gasteiger partial charge >= 0.3 is 0 Å². The molecular formula is C20H24ClN5O. The Morgan fingerprint density at radius 3 is 2.67 bits per heavy atom. The first-order valence-corrected chi connectivity index (χ1v) is 9.30. The zero-order valence-corrected chi connectivity index (χ0v) is 16.8. The average molecular weight is 386 g/mol. The highest BCUT2D eigenvalue weighted by Gasteiger charge is 2.18. The van der Waals surface area contributed by atoms with Crippen LogP contribution < -0.4 is 5.32 Å². The number of hydrogen-bond acceptors (Lipinski definition) is 3. The number of benzene rings is 1. The van der Waals surface area contributed by atoms with Crippen LogP contribution in [0, 0.1) is 26.7 Å². The first-order chi connectivity index (χ1) is 12.8. The molecule has 27 heavy (non-hydrogen) atoms. The van der Waals surface area contributed by atoms with Crippen LogP contribution in [0.15, 0.2) is 36.7 Å². The Hall–Kier alpha value is -2.60. The zero-order valence-electron chi connectivity index (χ0n) is 16.0. The van der Waals surface area contributed by atoms with Crippen molar-refractivity contribution in [3.63, 3.8) is 0 Å². The topological polar surface area (TPSA) is 64.7 Å². The smallest absolute Gasteiger partial charge is 0.229 e. The maximum Gasteiger partial charge on any atom is 0.229 e. The molecule has 2 aromatic heterocycles. The Morgan fingerprint density at radius 1 is 1.26 bits per heavy atom. The predicted octanol–water partition coefficient (Wildman–Crippen LogP) is 3.98. The summed E-state index contributed by atoms with van der Waals surface area (Å²) in [4.78, 5) is 12.5. The van der Waals surface area contributed by atoms with Crippen molar-refractivity contribution in [3.8, 4) is 0 Å². The van der Waals surface area contributed by atoms with Gasteiger partial charge in [0.05, 0.1) is 47.3 Å². The van der Waals surface area contributed by atoms with Crippen molar-refractivity contribution in [2.75, 3.05) is 5.32 Å². The SMILES string of the molecule is Cc1ccccc1Cn1cc(NC(=O)C(C)Cn2nc(C)c(Cl)c2C)cn1. The van der Waals surface area contributed by atoms with E-state index >= 15 is 0 Å². The van der Waals surface area contributed by atoms with E-state index in [4.69, 9.17) is 11.6 Å². The van der Waals surface area contributed by atoms with Gasteiger partial charge in [-0.15, -0.1) is 0 Å². The minimum Gasteiger partial charge on any atom is -0.323 e. The average Bonchev–Trinajstić information content (AvgIpc) is 3.17. The molecule has 0 radical (unpaired) electrons. The van der Waals surface area contributed by atoms with E-state index in [0.717, 1.165) is 11.4 Å². The van der Waals surface area contributed by atoms with E-state index in [1.165, 1.54) is 11.1 Å². The van der Waals surface area contributed by atoms with Crippen molar-refractivity contribution in [3.05, 3.63) is 64.2 Å². The number of nitrogens with one attached hydrogen (secondary N) is 1. The maximum absolute atomic E-state index is 12.5. The number of rotatable bonds is 6. The van der Waals surface area contributed by atoms with Crippen molar-refractivity contribution >= 4 is 23.2 Å². The standard InChI is InChI=1S/C20H24ClN5O/c1-13-7-5-6-8-17(13)11-25-12-18(9-22-25)23-20(27)14(2)10-26-16(4)19(21)15(3)24-26/h5-9,12,14H,10-11H2,1-4H3,(H,23,27). The third-order valence-electron chi connectivity index (χ3n) is 4.68. The Kier molecular flexibility index (Phi) is 5.65. The molecule has 0 aliphatic carbocycles. The number of halogens is 1. The van der Waals surface area contributed by atoms with E-state index in [9.17, 15) is 4.79 Å². The number of anilines is 1. The molecule has 3 rings (SSSR count). The maximum atomic E-state index is 12.5. The van der Waals surface area contributed by atoms with Crippen LogP contribution in [-0.2, 0) is 17.9 Å². The number of carbonyl (C=O) groups excluding carboxylic acids is 1. The summed E-state index contributed by atoms with van der Waals surface area (Å²) in [6, 6.07) is 8.19. The van der Waals surface area contributed by atoms with Crippen LogP contribution in [0.1, 0.15) is 29.4 Å². The van der Waals surface area contributed by atoms with Gasteiger partial charge in [0.2, 0.25) is 5.91 Å². The van der Waals surface area contributed by atoms with E-state index in [-0.39, 0.29) is 11.8 Å². The van der Waals surface area contributed by atoms with Gasteiger partial charge in [0.25, 0.3) is 0 Å². The first kappa shape index (κ1) is 19.2.